The molecule has 140 valence electrons. The number of carbonyl (C=O) groups is 1. The molecule has 4 rings (SSSR count). The van der Waals surface area contributed by atoms with E-state index in [2.05, 4.69) is 20.2 Å². The zero-order valence-corrected chi connectivity index (χ0v) is 15.3. The van der Waals surface area contributed by atoms with Gasteiger partial charge in [0.2, 0.25) is 21.9 Å². The van der Waals surface area contributed by atoms with Crippen molar-refractivity contribution in [2.45, 2.75) is 36.6 Å². The van der Waals surface area contributed by atoms with Crippen molar-refractivity contribution >= 4 is 27.5 Å². The molecule has 3 aromatic rings. The average Bonchev–Trinajstić information content (AvgIpc) is 3.38. The molecule has 1 saturated carbocycles. The SMILES string of the molecule is O=C(CCc1ccc(S(=O)(=O)NC2CC2)cc1)Nc1nnc2ccccn12. The van der Waals surface area contributed by atoms with Gasteiger partial charge < -0.3 is 0 Å². The molecule has 0 unspecified atom stereocenters. The number of nitrogens with zero attached hydrogens (tertiary/aromatic N) is 3. The molecule has 27 heavy (non-hydrogen) atoms. The Bertz CT molecular complexity index is 1070. The first-order chi connectivity index (χ1) is 13.0. The molecule has 1 amide bonds. The van der Waals surface area contributed by atoms with Gasteiger partial charge >= 0.3 is 0 Å². The molecule has 1 fully saturated rings. The monoisotopic (exact) mass is 385 g/mol. The van der Waals surface area contributed by atoms with Crippen LogP contribution < -0.4 is 10.0 Å². The van der Waals surface area contributed by atoms with Crippen molar-refractivity contribution in [1.29, 1.82) is 0 Å². The van der Waals surface area contributed by atoms with Crippen LogP contribution in [0, 0.1) is 0 Å². The minimum atomic E-state index is -3.45. The number of rotatable bonds is 7. The van der Waals surface area contributed by atoms with Crippen LogP contribution in [0.5, 0.6) is 0 Å². The van der Waals surface area contributed by atoms with Crippen molar-refractivity contribution in [1.82, 2.24) is 19.3 Å². The fourth-order valence-corrected chi connectivity index (χ4v) is 4.00. The van der Waals surface area contributed by atoms with Crippen LogP contribution in [0.1, 0.15) is 24.8 Å². The Morgan fingerprint density at radius 2 is 1.89 bits per heavy atom. The van der Waals surface area contributed by atoms with Crippen LogP contribution in [0.2, 0.25) is 0 Å². The third-order valence-electron chi connectivity index (χ3n) is 4.34. The predicted octanol–water partition coefficient (Wildman–Crippen LogP) is 1.74. The molecule has 0 saturated heterocycles. The van der Waals surface area contributed by atoms with E-state index in [1.165, 1.54) is 0 Å². The van der Waals surface area contributed by atoms with Gasteiger partial charge in [-0.05, 0) is 49.1 Å². The third-order valence-corrected chi connectivity index (χ3v) is 5.87. The van der Waals surface area contributed by atoms with Gasteiger partial charge in [0.05, 0.1) is 4.90 Å². The zero-order valence-electron chi connectivity index (χ0n) is 14.5. The summed E-state index contributed by atoms with van der Waals surface area (Å²) in [7, 11) is -3.45. The molecule has 0 bridgehead atoms. The van der Waals surface area contributed by atoms with Crippen molar-refractivity contribution in [3.8, 4) is 0 Å². The average molecular weight is 385 g/mol. The highest BCUT2D eigenvalue weighted by molar-refractivity contribution is 7.89. The van der Waals surface area contributed by atoms with Crippen LogP contribution in [0.15, 0.2) is 53.6 Å². The molecular weight excluding hydrogens is 366 g/mol. The summed E-state index contributed by atoms with van der Waals surface area (Å²) in [5.41, 5.74) is 1.55. The number of amides is 1. The second kappa shape index (κ2) is 7.09. The van der Waals surface area contributed by atoms with E-state index in [1.807, 2.05) is 12.1 Å². The maximum atomic E-state index is 12.2. The van der Waals surface area contributed by atoms with Gasteiger partial charge in [-0.2, -0.15) is 0 Å². The van der Waals surface area contributed by atoms with E-state index < -0.39 is 10.0 Å². The fraction of sp³-hybridized carbons (Fsp3) is 0.278. The largest absolute Gasteiger partial charge is 0.294 e. The van der Waals surface area contributed by atoms with Crippen molar-refractivity contribution in [2.24, 2.45) is 0 Å². The van der Waals surface area contributed by atoms with E-state index in [0.717, 1.165) is 18.4 Å². The van der Waals surface area contributed by atoms with Crippen LogP contribution in [0.4, 0.5) is 5.95 Å². The lowest BCUT2D eigenvalue weighted by Crippen LogP contribution is -2.25. The molecule has 2 aromatic heterocycles. The Morgan fingerprint density at radius 1 is 1.11 bits per heavy atom. The summed E-state index contributed by atoms with van der Waals surface area (Å²) >= 11 is 0. The predicted molar refractivity (Wildman–Crippen MR) is 99.7 cm³/mol. The van der Waals surface area contributed by atoms with Crippen LogP contribution in [-0.4, -0.2) is 35.0 Å². The smallest absolute Gasteiger partial charge is 0.240 e. The number of aromatic nitrogens is 3. The second-order valence-electron chi connectivity index (χ2n) is 6.54. The summed E-state index contributed by atoms with van der Waals surface area (Å²) in [6.45, 7) is 0. The van der Waals surface area contributed by atoms with Crippen molar-refractivity contribution < 1.29 is 13.2 Å². The van der Waals surface area contributed by atoms with E-state index in [0.29, 0.717) is 18.0 Å². The highest BCUT2D eigenvalue weighted by Gasteiger charge is 2.27. The Morgan fingerprint density at radius 3 is 2.63 bits per heavy atom. The van der Waals surface area contributed by atoms with Crippen molar-refractivity contribution in [2.75, 3.05) is 5.32 Å². The maximum Gasteiger partial charge on any atom is 0.240 e. The molecule has 8 nitrogen and oxygen atoms in total. The van der Waals surface area contributed by atoms with Crippen molar-refractivity contribution in [3.63, 3.8) is 0 Å². The topological polar surface area (TPSA) is 105 Å². The van der Waals surface area contributed by atoms with Crippen LogP contribution in [0.25, 0.3) is 5.65 Å². The van der Waals surface area contributed by atoms with Gasteiger partial charge in [-0.1, -0.05) is 18.2 Å². The van der Waals surface area contributed by atoms with Gasteiger partial charge in [0, 0.05) is 18.7 Å². The molecule has 2 heterocycles. The highest BCUT2D eigenvalue weighted by Crippen LogP contribution is 2.22. The summed E-state index contributed by atoms with van der Waals surface area (Å²) in [6.07, 6.45) is 4.33. The molecule has 0 atom stereocenters. The first-order valence-electron chi connectivity index (χ1n) is 8.72. The Labute approximate surface area is 156 Å². The number of hydrogen-bond acceptors (Lipinski definition) is 5. The highest BCUT2D eigenvalue weighted by atomic mass is 32.2. The third kappa shape index (κ3) is 4.15. The number of nitrogens with one attached hydrogen (secondary N) is 2. The number of hydrogen-bond donors (Lipinski definition) is 2. The molecule has 9 heteroatoms. The van der Waals surface area contributed by atoms with E-state index >= 15 is 0 Å². The van der Waals surface area contributed by atoms with Crippen LogP contribution in [0.3, 0.4) is 0 Å². The molecule has 0 radical (unpaired) electrons. The number of benzene rings is 1. The summed E-state index contributed by atoms with van der Waals surface area (Å²) in [4.78, 5) is 12.4. The van der Waals surface area contributed by atoms with E-state index in [-0.39, 0.29) is 23.3 Å². The Kier molecular flexibility index (Phi) is 4.63. The van der Waals surface area contributed by atoms with Gasteiger partial charge in [0.15, 0.2) is 5.65 Å². The number of aryl methyl sites for hydroxylation is 1. The lowest BCUT2D eigenvalue weighted by atomic mass is 10.1. The van der Waals surface area contributed by atoms with E-state index in [4.69, 9.17) is 0 Å². The second-order valence-corrected chi connectivity index (χ2v) is 8.25. The molecular formula is C18H19N5O3S. The minimum absolute atomic E-state index is 0.0756. The molecule has 2 N–H and O–H groups in total. The number of pyridine rings is 1. The molecule has 0 aliphatic heterocycles. The molecule has 1 aliphatic rings. The molecule has 0 spiro atoms. The number of carbonyl (C=O) groups excluding carboxylic acids is 1. The van der Waals surface area contributed by atoms with Gasteiger partial charge in [-0.15, -0.1) is 10.2 Å². The molecule has 1 aliphatic carbocycles. The lowest BCUT2D eigenvalue weighted by molar-refractivity contribution is -0.116. The van der Waals surface area contributed by atoms with Gasteiger partial charge in [-0.3, -0.25) is 14.5 Å². The lowest BCUT2D eigenvalue weighted by Gasteiger charge is -2.07. The normalized spacial score (nSPS) is 14.4. The maximum absolute atomic E-state index is 12.2. The number of sulfonamides is 1. The standard InChI is InChI=1S/C18H19N5O3S/c24-17(19-18-21-20-16-3-1-2-12-23(16)18)11-6-13-4-9-15(10-5-13)27(25,26)22-14-7-8-14/h1-5,9-10,12,14,22H,6-8,11H2,(H,19,21,24). The van der Waals surface area contributed by atoms with Crippen LogP contribution >= 0.6 is 0 Å². The minimum Gasteiger partial charge on any atom is -0.294 e. The summed E-state index contributed by atoms with van der Waals surface area (Å²) in [5.74, 6) is 0.198. The fourth-order valence-electron chi connectivity index (χ4n) is 2.70. The first kappa shape index (κ1) is 17.6. The van der Waals surface area contributed by atoms with E-state index in [1.54, 1.807) is 40.9 Å². The Balaban J connectivity index is 1.35. The van der Waals surface area contributed by atoms with Crippen LogP contribution in [-0.2, 0) is 21.2 Å². The zero-order chi connectivity index (χ0) is 18.9. The quantitative estimate of drug-likeness (QED) is 0.644. The summed E-state index contributed by atoms with van der Waals surface area (Å²) in [5, 5.41) is 10.7. The Hall–Kier alpha value is -2.78. The number of fused-ring (bicyclic) bond motifs is 1. The summed E-state index contributed by atoms with van der Waals surface area (Å²) < 4.78 is 28.7. The first-order valence-corrected chi connectivity index (χ1v) is 10.2. The van der Waals surface area contributed by atoms with Gasteiger partial charge in [0.25, 0.3) is 0 Å². The van der Waals surface area contributed by atoms with Gasteiger partial charge in [-0.25, -0.2) is 13.1 Å². The van der Waals surface area contributed by atoms with Crippen molar-refractivity contribution in [3.05, 3.63) is 54.2 Å². The number of anilines is 1. The van der Waals surface area contributed by atoms with E-state index in [9.17, 15) is 13.2 Å². The summed E-state index contributed by atoms with van der Waals surface area (Å²) in [6, 6.07) is 12.2. The molecule has 1 aromatic carbocycles. The van der Waals surface area contributed by atoms with Gasteiger partial charge in [0.1, 0.15) is 0 Å².